The average Bonchev–Trinajstić information content (AvgIpc) is 3.31. The number of aliphatic carboxylic acids is 1. The third kappa shape index (κ3) is 8.05. The summed E-state index contributed by atoms with van der Waals surface area (Å²) in [6.07, 6.45) is 4.90. The van der Waals surface area contributed by atoms with Crippen LogP contribution < -0.4 is 15.5 Å². The van der Waals surface area contributed by atoms with Crippen LogP contribution in [0, 0.1) is 6.92 Å². The highest BCUT2D eigenvalue weighted by molar-refractivity contribution is 6.29. The number of carboxylic acid groups (broad SMARTS) is 1. The fraction of sp³-hybridized carbons (Fsp3) is 0.235. The molecule has 0 saturated carbocycles. The molecule has 11 nitrogen and oxygen atoms in total. The van der Waals surface area contributed by atoms with Crippen molar-refractivity contribution in [1.82, 2.24) is 20.2 Å². The number of nitrogens with zero attached hydrogens (tertiary/aromatic N) is 4. The van der Waals surface area contributed by atoms with Gasteiger partial charge in [-0.1, -0.05) is 41.4 Å². The Morgan fingerprint density at radius 1 is 0.891 bits per heavy atom. The van der Waals surface area contributed by atoms with Gasteiger partial charge in [-0.2, -0.15) is 0 Å². The predicted octanol–water partition coefficient (Wildman–Crippen LogP) is 4.99. The molecule has 1 fully saturated rings. The van der Waals surface area contributed by atoms with Crippen molar-refractivity contribution in [2.75, 3.05) is 36.4 Å². The molecule has 0 spiro atoms. The number of aryl methyl sites for hydroxylation is 1. The Balaban J connectivity index is 1.41. The smallest absolute Gasteiger partial charge is 0.305 e. The first kappa shape index (κ1) is 32.1. The highest BCUT2D eigenvalue weighted by Crippen LogP contribution is 2.30. The molecule has 236 valence electrons. The van der Waals surface area contributed by atoms with Crippen LogP contribution in [0.15, 0.2) is 85.3 Å². The molecule has 0 radical (unpaired) electrons. The van der Waals surface area contributed by atoms with Gasteiger partial charge >= 0.3 is 5.97 Å². The van der Waals surface area contributed by atoms with Crippen LogP contribution in [-0.4, -0.2) is 69.8 Å². The number of hydrogen-bond donors (Lipinski definition) is 3. The average molecular weight is 641 g/mol. The van der Waals surface area contributed by atoms with E-state index in [0.717, 1.165) is 5.56 Å². The Hall–Kier alpha value is -5.29. The van der Waals surface area contributed by atoms with Crippen molar-refractivity contribution in [3.05, 3.63) is 118 Å². The summed E-state index contributed by atoms with van der Waals surface area (Å²) in [5.41, 5.74) is 3.75. The van der Waals surface area contributed by atoms with E-state index in [2.05, 4.69) is 25.5 Å². The molecule has 2 aromatic carbocycles. The van der Waals surface area contributed by atoms with Crippen LogP contribution in [0.5, 0.6) is 0 Å². The van der Waals surface area contributed by atoms with Crippen LogP contribution in [0.3, 0.4) is 0 Å². The molecule has 3 amide bonds. The first-order valence-corrected chi connectivity index (χ1v) is 15.2. The maximum atomic E-state index is 13.5. The molecule has 3 N–H and O–H groups in total. The molecule has 5 rings (SSSR count). The van der Waals surface area contributed by atoms with Gasteiger partial charge in [0.05, 0.1) is 35.0 Å². The maximum absolute atomic E-state index is 13.5. The molecule has 46 heavy (non-hydrogen) atoms. The molecular formula is C34H33ClN6O5. The molecule has 4 aromatic rings. The van der Waals surface area contributed by atoms with Crippen molar-refractivity contribution in [1.29, 1.82) is 0 Å². The summed E-state index contributed by atoms with van der Waals surface area (Å²) in [7, 11) is 0. The van der Waals surface area contributed by atoms with Crippen molar-refractivity contribution in [2.24, 2.45) is 0 Å². The van der Waals surface area contributed by atoms with Crippen LogP contribution in [0.25, 0.3) is 0 Å². The van der Waals surface area contributed by atoms with Crippen LogP contribution in [0.4, 0.5) is 11.4 Å². The molecule has 12 heteroatoms. The Morgan fingerprint density at radius 2 is 1.67 bits per heavy atom. The van der Waals surface area contributed by atoms with E-state index in [1.807, 2.05) is 19.1 Å². The summed E-state index contributed by atoms with van der Waals surface area (Å²) in [4.78, 5) is 63.4. The fourth-order valence-corrected chi connectivity index (χ4v) is 5.37. The number of carboxylic acids is 1. The van der Waals surface area contributed by atoms with E-state index in [4.69, 9.17) is 11.6 Å². The minimum atomic E-state index is -1.05. The highest BCUT2D eigenvalue weighted by atomic mass is 35.5. The maximum Gasteiger partial charge on any atom is 0.305 e. The van der Waals surface area contributed by atoms with Gasteiger partial charge in [0.1, 0.15) is 5.15 Å². The highest BCUT2D eigenvalue weighted by Gasteiger charge is 2.24. The van der Waals surface area contributed by atoms with Gasteiger partial charge in [0.15, 0.2) is 0 Å². The van der Waals surface area contributed by atoms with E-state index in [9.17, 15) is 24.3 Å². The number of benzene rings is 2. The summed E-state index contributed by atoms with van der Waals surface area (Å²) in [5.74, 6) is -2.10. The zero-order valence-electron chi connectivity index (χ0n) is 25.1. The van der Waals surface area contributed by atoms with Crippen molar-refractivity contribution in [3.8, 4) is 0 Å². The fourth-order valence-electron chi connectivity index (χ4n) is 5.26. The number of halogens is 1. The van der Waals surface area contributed by atoms with E-state index < -0.39 is 23.8 Å². The standard InChI is InChI=1S/C34H33ClN6O5/c1-22-5-7-23(8-6-22)27(19-31(42)43)38-32(44)24-9-11-29(28(18-24)39-33(45)25-10-12-30(35)37-21-25)40-14-3-15-41(17-16-40)34(46)26-4-2-13-36-20-26/h2,4-13,18,20-21,27H,3,14-17,19H2,1H3,(H,38,44)(H,39,45)(H,42,43). The summed E-state index contributed by atoms with van der Waals surface area (Å²) in [6.45, 7) is 4.00. The second-order valence-corrected chi connectivity index (χ2v) is 11.4. The topological polar surface area (TPSA) is 145 Å². The van der Waals surface area contributed by atoms with Crippen LogP contribution >= 0.6 is 11.6 Å². The van der Waals surface area contributed by atoms with Gasteiger partial charge in [-0.25, -0.2) is 4.98 Å². The van der Waals surface area contributed by atoms with Crippen LogP contribution in [-0.2, 0) is 4.79 Å². The van der Waals surface area contributed by atoms with Crippen molar-refractivity contribution < 1.29 is 24.3 Å². The van der Waals surface area contributed by atoms with Crippen LogP contribution in [0.1, 0.15) is 61.1 Å². The molecule has 1 aliphatic heterocycles. The SMILES string of the molecule is Cc1ccc(C(CC(=O)O)NC(=O)c2ccc(N3CCCN(C(=O)c4cccnc4)CC3)c(NC(=O)c3ccc(Cl)nc3)c2)cc1. The minimum absolute atomic E-state index is 0.102. The Labute approximate surface area is 271 Å². The number of hydrogen-bond acceptors (Lipinski definition) is 7. The first-order chi connectivity index (χ1) is 22.2. The summed E-state index contributed by atoms with van der Waals surface area (Å²) in [5, 5.41) is 15.5. The van der Waals surface area contributed by atoms with Gasteiger partial charge < -0.3 is 25.5 Å². The lowest BCUT2D eigenvalue weighted by Gasteiger charge is -2.27. The molecular weight excluding hydrogens is 608 g/mol. The third-order valence-electron chi connectivity index (χ3n) is 7.69. The molecule has 2 aromatic heterocycles. The Kier molecular flexibility index (Phi) is 10.2. The number of carbonyl (C=O) groups excluding carboxylic acids is 3. The van der Waals surface area contributed by atoms with Gasteiger partial charge in [0, 0.05) is 50.3 Å². The van der Waals surface area contributed by atoms with E-state index in [-0.39, 0.29) is 28.6 Å². The van der Waals surface area contributed by atoms with E-state index in [1.165, 1.54) is 12.3 Å². The number of rotatable bonds is 9. The number of nitrogens with one attached hydrogen (secondary N) is 2. The van der Waals surface area contributed by atoms with Gasteiger partial charge in [-0.15, -0.1) is 0 Å². The predicted molar refractivity (Wildman–Crippen MR) is 174 cm³/mol. The number of aromatic nitrogens is 2. The lowest BCUT2D eigenvalue weighted by molar-refractivity contribution is -0.137. The summed E-state index contributed by atoms with van der Waals surface area (Å²) >= 11 is 5.91. The second kappa shape index (κ2) is 14.7. The number of pyridine rings is 2. The minimum Gasteiger partial charge on any atom is -0.481 e. The number of anilines is 2. The van der Waals surface area contributed by atoms with E-state index in [0.29, 0.717) is 55.1 Å². The van der Waals surface area contributed by atoms with Crippen molar-refractivity contribution in [3.63, 3.8) is 0 Å². The summed E-state index contributed by atoms with van der Waals surface area (Å²) < 4.78 is 0. The number of amides is 3. The Bertz CT molecular complexity index is 1720. The number of carbonyl (C=O) groups is 4. The lowest BCUT2D eigenvalue weighted by atomic mass is 10.0. The van der Waals surface area contributed by atoms with Gasteiger partial charge in [-0.3, -0.25) is 24.2 Å². The third-order valence-corrected chi connectivity index (χ3v) is 7.92. The zero-order valence-corrected chi connectivity index (χ0v) is 25.9. The largest absolute Gasteiger partial charge is 0.481 e. The molecule has 0 bridgehead atoms. The van der Waals surface area contributed by atoms with Gasteiger partial charge in [-0.05, 0) is 61.4 Å². The molecule has 3 heterocycles. The van der Waals surface area contributed by atoms with Gasteiger partial charge in [0.25, 0.3) is 17.7 Å². The van der Waals surface area contributed by atoms with Crippen LogP contribution in [0.2, 0.25) is 5.15 Å². The molecule has 1 unspecified atom stereocenters. The quantitative estimate of drug-likeness (QED) is 0.217. The molecule has 1 saturated heterocycles. The first-order valence-electron chi connectivity index (χ1n) is 14.8. The Morgan fingerprint density at radius 3 is 2.37 bits per heavy atom. The zero-order chi connectivity index (χ0) is 32.6. The summed E-state index contributed by atoms with van der Waals surface area (Å²) in [6, 6.07) is 18.0. The lowest BCUT2D eigenvalue weighted by Crippen LogP contribution is -2.35. The van der Waals surface area contributed by atoms with Gasteiger partial charge in [0.2, 0.25) is 0 Å². The molecule has 1 atom stereocenters. The van der Waals surface area contributed by atoms with E-state index in [1.54, 1.807) is 65.8 Å². The normalized spacial score (nSPS) is 13.8. The molecule has 0 aliphatic carbocycles. The second-order valence-electron chi connectivity index (χ2n) is 11.0. The van der Waals surface area contributed by atoms with Crippen molar-refractivity contribution >= 4 is 46.7 Å². The van der Waals surface area contributed by atoms with Crippen molar-refractivity contribution in [2.45, 2.75) is 25.8 Å². The molecule has 1 aliphatic rings. The van der Waals surface area contributed by atoms with E-state index >= 15 is 0 Å². The monoisotopic (exact) mass is 640 g/mol.